The van der Waals surface area contributed by atoms with Gasteiger partial charge in [0.05, 0.1) is 5.69 Å². The monoisotopic (exact) mass is 606 g/mol. The fraction of sp³-hybridized carbons (Fsp3) is 0.333. The molecule has 0 spiro atoms. The molecule has 0 unspecified atom stereocenters. The van der Waals surface area contributed by atoms with E-state index in [0.29, 0.717) is 41.3 Å². The summed E-state index contributed by atoms with van der Waals surface area (Å²) in [5, 5.41) is 3.18. The van der Waals surface area contributed by atoms with Crippen molar-refractivity contribution in [3.8, 4) is 11.3 Å². The van der Waals surface area contributed by atoms with E-state index in [-0.39, 0.29) is 23.2 Å². The van der Waals surface area contributed by atoms with Crippen LogP contribution in [-0.4, -0.2) is 69.9 Å². The molecule has 0 saturated carbocycles. The average molecular weight is 607 g/mol. The van der Waals surface area contributed by atoms with Gasteiger partial charge in [-0.25, -0.2) is 4.98 Å². The number of carbonyl (C=O) groups is 2. The molecule has 1 aliphatic heterocycles. The molecule has 1 saturated heterocycles. The topological polar surface area (TPSA) is 90.8 Å². The van der Waals surface area contributed by atoms with E-state index >= 15 is 0 Å². The first kappa shape index (κ1) is 31.7. The van der Waals surface area contributed by atoms with Gasteiger partial charge in [0.15, 0.2) is 5.82 Å². The quantitative estimate of drug-likeness (QED) is 0.306. The van der Waals surface area contributed by atoms with Crippen molar-refractivity contribution in [2.75, 3.05) is 43.4 Å². The predicted molar refractivity (Wildman–Crippen MR) is 181 cm³/mol. The van der Waals surface area contributed by atoms with Crippen LogP contribution in [0.3, 0.4) is 0 Å². The molecule has 2 amide bonds. The molecule has 3 aromatic carbocycles. The zero-order valence-corrected chi connectivity index (χ0v) is 27.2. The average Bonchev–Trinajstić information content (AvgIpc) is 3.02. The second-order valence-electron chi connectivity index (χ2n) is 12.7. The Morgan fingerprint density at radius 3 is 2.09 bits per heavy atom. The maximum atomic E-state index is 13.8. The van der Waals surface area contributed by atoms with Gasteiger partial charge in [-0.05, 0) is 89.7 Å². The molecular weight excluding hydrogens is 564 g/mol. The third kappa shape index (κ3) is 6.54. The van der Waals surface area contributed by atoms with Crippen molar-refractivity contribution in [1.29, 1.82) is 0 Å². The van der Waals surface area contributed by atoms with Gasteiger partial charge in [0.1, 0.15) is 0 Å². The Balaban J connectivity index is 1.48. The van der Waals surface area contributed by atoms with Crippen LogP contribution in [0.5, 0.6) is 0 Å². The predicted octanol–water partition coefficient (Wildman–Crippen LogP) is 5.64. The van der Waals surface area contributed by atoms with Crippen LogP contribution in [-0.2, 0) is 7.05 Å². The Hall–Kier alpha value is -4.76. The molecule has 0 atom stereocenters. The van der Waals surface area contributed by atoms with Crippen molar-refractivity contribution in [1.82, 2.24) is 19.4 Å². The first-order chi connectivity index (χ1) is 21.4. The normalized spacial score (nSPS) is 13.9. The van der Waals surface area contributed by atoms with E-state index in [9.17, 15) is 14.4 Å². The maximum absolute atomic E-state index is 13.8. The first-order valence-electron chi connectivity index (χ1n) is 15.3. The number of amides is 2. The van der Waals surface area contributed by atoms with E-state index in [1.165, 1.54) is 0 Å². The second kappa shape index (κ2) is 12.7. The molecule has 9 heteroatoms. The molecule has 45 heavy (non-hydrogen) atoms. The zero-order chi connectivity index (χ0) is 32.5. The minimum Gasteiger partial charge on any atom is -0.336 e. The van der Waals surface area contributed by atoms with E-state index in [2.05, 4.69) is 17.3 Å². The van der Waals surface area contributed by atoms with Gasteiger partial charge in [0.25, 0.3) is 17.4 Å². The van der Waals surface area contributed by atoms with Crippen molar-refractivity contribution < 1.29 is 9.59 Å². The van der Waals surface area contributed by atoms with Gasteiger partial charge >= 0.3 is 0 Å². The largest absolute Gasteiger partial charge is 0.336 e. The van der Waals surface area contributed by atoms with E-state index in [0.717, 1.165) is 29.9 Å². The van der Waals surface area contributed by atoms with Crippen molar-refractivity contribution in [3.05, 3.63) is 106 Å². The Kier molecular flexibility index (Phi) is 8.93. The van der Waals surface area contributed by atoms with Crippen LogP contribution in [0.25, 0.3) is 11.3 Å². The summed E-state index contributed by atoms with van der Waals surface area (Å²) in [4.78, 5) is 50.9. The number of benzene rings is 3. The van der Waals surface area contributed by atoms with Crippen molar-refractivity contribution in [3.63, 3.8) is 0 Å². The fourth-order valence-corrected chi connectivity index (χ4v) is 5.68. The van der Waals surface area contributed by atoms with Gasteiger partial charge in [0.2, 0.25) is 0 Å². The van der Waals surface area contributed by atoms with Crippen LogP contribution in [0.2, 0.25) is 0 Å². The molecule has 4 aromatic rings. The number of hydrogen-bond donors (Lipinski definition) is 1. The van der Waals surface area contributed by atoms with E-state index in [4.69, 9.17) is 4.98 Å². The molecule has 1 fully saturated rings. The molecule has 1 N–H and O–H groups in total. The van der Waals surface area contributed by atoms with Gasteiger partial charge in [-0.1, -0.05) is 30.3 Å². The third-order valence-corrected chi connectivity index (χ3v) is 8.46. The molecule has 5 rings (SSSR count). The summed E-state index contributed by atoms with van der Waals surface area (Å²) in [6.07, 6.45) is 0. The molecule has 1 aromatic heterocycles. The highest BCUT2D eigenvalue weighted by Crippen LogP contribution is 2.35. The summed E-state index contributed by atoms with van der Waals surface area (Å²) >= 11 is 0. The van der Waals surface area contributed by atoms with Crippen molar-refractivity contribution >= 4 is 29.0 Å². The number of rotatable bonds is 6. The number of anilines is 3. The first-order valence-corrected chi connectivity index (χ1v) is 15.3. The minimum absolute atomic E-state index is 0.00622. The van der Waals surface area contributed by atoms with Gasteiger partial charge < -0.3 is 24.6 Å². The number of piperazine rings is 1. The molecule has 0 bridgehead atoms. The summed E-state index contributed by atoms with van der Waals surface area (Å²) in [5.41, 5.74) is 4.92. The van der Waals surface area contributed by atoms with E-state index < -0.39 is 5.54 Å². The van der Waals surface area contributed by atoms with Crippen LogP contribution < -0.4 is 15.8 Å². The van der Waals surface area contributed by atoms with Crippen LogP contribution >= 0.6 is 0 Å². The second-order valence-corrected chi connectivity index (χ2v) is 12.7. The van der Waals surface area contributed by atoms with Crippen molar-refractivity contribution in [2.24, 2.45) is 7.05 Å². The summed E-state index contributed by atoms with van der Waals surface area (Å²) in [6.45, 7) is 13.0. The van der Waals surface area contributed by atoms with Crippen LogP contribution in [0.4, 0.5) is 17.2 Å². The molecule has 9 nitrogen and oxygen atoms in total. The number of aromatic nitrogens is 2. The lowest BCUT2D eigenvalue weighted by atomic mass is 9.96. The third-order valence-electron chi connectivity index (χ3n) is 8.46. The smallest absolute Gasteiger partial charge is 0.293 e. The van der Waals surface area contributed by atoms with Crippen LogP contribution in [0, 0.1) is 13.8 Å². The molecule has 0 radical (unpaired) electrons. The van der Waals surface area contributed by atoms with E-state index in [1.54, 1.807) is 35.9 Å². The SMILES string of the molecule is Cc1c(-c2nc(Nc3ccc(C(=O)N4CCN(C)CC4)cc3)c(=O)n(C)c2C)cccc1N(C(=O)c1ccccc1)C(C)(C)C. The number of carbonyl (C=O) groups excluding carboxylic acids is 2. The molecular formula is C36H42N6O3. The highest BCUT2D eigenvalue weighted by molar-refractivity contribution is 6.07. The molecule has 234 valence electrons. The summed E-state index contributed by atoms with van der Waals surface area (Å²) < 4.78 is 1.58. The van der Waals surface area contributed by atoms with E-state index in [1.807, 2.05) is 92.9 Å². The standard InChI is InChI=1S/C36H42N6O3/c1-24-29(14-11-15-30(24)42(36(3,4)5)34(44)26-12-9-8-10-13-26)31-25(2)40(7)35(45)32(38-31)37-28-18-16-27(17-19-28)33(43)41-22-20-39(6)21-23-41/h8-19H,20-23H2,1-7H3,(H,37,38). The number of hydrogen-bond acceptors (Lipinski definition) is 6. The van der Waals surface area contributed by atoms with Gasteiger partial charge in [-0.3, -0.25) is 14.4 Å². The highest BCUT2D eigenvalue weighted by Gasteiger charge is 2.31. The Morgan fingerprint density at radius 2 is 1.47 bits per heavy atom. The molecule has 2 heterocycles. The lowest BCUT2D eigenvalue weighted by Gasteiger charge is -2.37. The lowest BCUT2D eigenvalue weighted by Crippen LogP contribution is -2.47. The van der Waals surface area contributed by atoms with Crippen LogP contribution in [0.15, 0.2) is 77.6 Å². The van der Waals surface area contributed by atoms with Gasteiger partial charge in [-0.15, -0.1) is 0 Å². The summed E-state index contributed by atoms with van der Waals surface area (Å²) in [6, 6.07) is 22.3. The highest BCUT2D eigenvalue weighted by atomic mass is 16.2. The fourth-order valence-electron chi connectivity index (χ4n) is 5.68. The number of nitrogens with zero attached hydrogens (tertiary/aromatic N) is 5. The Bertz CT molecular complexity index is 1770. The lowest BCUT2D eigenvalue weighted by molar-refractivity contribution is 0.0664. The van der Waals surface area contributed by atoms with Crippen molar-refractivity contribution in [2.45, 2.75) is 40.2 Å². The summed E-state index contributed by atoms with van der Waals surface area (Å²) in [5.74, 6) is 0.0891. The zero-order valence-electron chi connectivity index (χ0n) is 27.2. The maximum Gasteiger partial charge on any atom is 0.293 e. The molecule has 0 aliphatic carbocycles. The number of likely N-dealkylation sites (N-methyl/N-ethyl adjacent to an activating group) is 1. The molecule has 1 aliphatic rings. The van der Waals surface area contributed by atoms with Gasteiger partial charge in [-0.2, -0.15) is 0 Å². The Morgan fingerprint density at radius 1 is 0.822 bits per heavy atom. The summed E-state index contributed by atoms with van der Waals surface area (Å²) in [7, 11) is 3.79. The van der Waals surface area contributed by atoms with Gasteiger partial charge in [0, 0.05) is 72.5 Å². The van der Waals surface area contributed by atoms with Crippen LogP contribution in [0.1, 0.15) is 52.7 Å². The number of nitrogens with one attached hydrogen (secondary N) is 1. The minimum atomic E-state index is -0.507. The Labute approximate surface area is 265 Å².